The van der Waals surface area contributed by atoms with Gasteiger partial charge in [-0.2, -0.15) is 0 Å². The van der Waals surface area contributed by atoms with Crippen LogP contribution >= 0.6 is 12.6 Å². The van der Waals surface area contributed by atoms with Crippen LogP contribution in [0.1, 0.15) is 0 Å². The van der Waals surface area contributed by atoms with Gasteiger partial charge in [-0.3, -0.25) is 0 Å². The third-order valence-electron chi connectivity index (χ3n) is 0.987. The summed E-state index contributed by atoms with van der Waals surface area (Å²) in [5.74, 6) is 0.751. The zero-order chi connectivity index (χ0) is 5.98. The Bertz CT molecular complexity index is 171. The molecule has 0 amide bonds. The normalized spacial score (nSPS) is 9.75. The molecule has 1 rings (SSSR count). The molecule has 0 aliphatic rings. The van der Waals surface area contributed by atoms with E-state index in [-0.39, 0.29) is 0 Å². The summed E-state index contributed by atoms with van der Waals surface area (Å²) in [6.45, 7) is 0. The molecule has 0 fully saturated rings. The van der Waals surface area contributed by atoms with Crippen molar-refractivity contribution in [2.75, 3.05) is 0 Å². The van der Waals surface area contributed by atoms with Crippen LogP contribution in [0.3, 0.4) is 0 Å². The van der Waals surface area contributed by atoms with E-state index in [1.165, 1.54) is 0 Å². The molecule has 1 aromatic rings. The summed E-state index contributed by atoms with van der Waals surface area (Å²) >= 11 is 4.07. The van der Waals surface area contributed by atoms with E-state index >= 15 is 0 Å². The summed E-state index contributed by atoms with van der Waals surface area (Å²) in [5.41, 5.74) is 0. The first kappa shape index (κ1) is 5.69. The minimum absolute atomic E-state index is 0.751. The maximum atomic E-state index is 4.07. The van der Waals surface area contributed by atoms with Gasteiger partial charge in [-0.05, 0) is 0 Å². The number of thiol groups is 1. The molecular formula is C5H9N2S+. The summed E-state index contributed by atoms with van der Waals surface area (Å²) < 4.78 is 3.97. The topological polar surface area (TPSA) is 8.81 Å². The monoisotopic (exact) mass is 129 g/mol. The van der Waals surface area contributed by atoms with E-state index in [9.17, 15) is 0 Å². The molecule has 0 aliphatic carbocycles. The second-order valence-electron chi connectivity index (χ2n) is 1.73. The quantitative estimate of drug-likeness (QED) is 0.409. The smallest absolute Gasteiger partial charge is 0.240 e. The zero-order valence-electron chi connectivity index (χ0n) is 4.78. The van der Waals surface area contributed by atoms with Crippen molar-refractivity contribution in [1.29, 1.82) is 0 Å². The van der Waals surface area contributed by atoms with Crippen molar-refractivity contribution in [3.8, 4) is 0 Å². The van der Waals surface area contributed by atoms with Gasteiger partial charge in [0.1, 0.15) is 18.3 Å². The maximum absolute atomic E-state index is 4.07. The third-order valence-corrected chi connectivity index (χ3v) is 1.31. The van der Waals surface area contributed by atoms with Crippen molar-refractivity contribution in [2.45, 2.75) is 5.88 Å². The lowest BCUT2D eigenvalue weighted by Gasteiger charge is -1.80. The molecular weight excluding hydrogens is 120 g/mol. The van der Waals surface area contributed by atoms with Gasteiger partial charge in [0, 0.05) is 0 Å². The van der Waals surface area contributed by atoms with E-state index in [1.807, 2.05) is 34.9 Å². The lowest BCUT2D eigenvalue weighted by molar-refractivity contribution is -0.670. The molecule has 0 aliphatic heterocycles. The molecule has 0 N–H and O–H groups in total. The minimum atomic E-state index is 0.751. The molecule has 1 heterocycles. The van der Waals surface area contributed by atoms with Crippen LogP contribution in [-0.2, 0) is 12.9 Å². The lowest BCUT2D eigenvalue weighted by atomic mass is 10.9. The van der Waals surface area contributed by atoms with E-state index in [1.54, 1.807) is 0 Å². The summed E-state index contributed by atoms with van der Waals surface area (Å²) in [4.78, 5) is 0. The van der Waals surface area contributed by atoms with E-state index < -0.39 is 0 Å². The first-order valence-corrected chi connectivity index (χ1v) is 3.08. The first-order chi connectivity index (χ1) is 3.83. The van der Waals surface area contributed by atoms with E-state index in [4.69, 9.17) is 0 Å². The fourth-order valence-electron chi connectivity index (χ4n) is 0.585. The van der Waals surface area contributed by atoms with E-state index in [0.29, 0.717) is 0 Å². The Morgan fingerprint density at radius 1 is 1.75 bits per heavy atom. The highest BCUT2D eigenvalue weighted by atomic mass is 32.1. The molecule has 0 saturated carbocycles. The van der Waals surface area contributed by atoms with Crippen molar-refractivity contribution in [3.63, 3.8) is 0 Å². The second kappa shape index (κ2) is 2.22. The van der Waals surface area contributed by atoms with E-state index in [0.717, 1.165) is 5.88 Å². The Kier molecular flexibility index (Phi) is 1.58. The molecule has 0 saturated heterocycles. The van der Waals surface area contributed by atoms with Crippen LogP contribution in [0.2, 0.25) is 0 Å². The predicted octanol–water partition coefficient (Wildman–Crippen LogP) is 0.200. The van der Waals surface area contributed by atoms with Gasteiger partial charge in [0.15, 0.2) is 0 Å². The molecule has 3 heteroatoms. The van der Waals surface area contributed by atoms with Crippen LogP contribution in [0.25, 0.3) is 0 Å². The summed E-state index contributed by atoms with van der Waals surface area (Å²) in [6.07, 6.45) is 5.94. The van der Waals surface area contributed by atoms with Crippen molar-refractivity contribution >= 4 is 12.6 Å². The molecule has 0 spiro atoms. The average Bonchev–Trinajstić information content (AvgIpc) is 2.14. The van der Waals surface area contributed by atoms with Gasteiger partial charge in [0.05, 0.1) is 7.05 Å². The summed E-state index contributed by atoms with van der Waals surface area (Å²) in [5, 5.41) is 0. The Morgan fingerprint density at radius 3 is 2.75 bits per heavy atom. The van der Waals surface area contributed by atoms with Gasteiger partial charge >= 0.3 is 0 Å². The Hall–Kier alpha value is -0.440. The fraction of sp³-hybridized carbons (Fsp3) is 0.400. The predicted molar refractivity (Wildman–Crippen MR) is 34.6 cm³/mol. The van der Waals surface area contributed by atoms with Crippen LogP contribution in [0.15, 0.2) is 18.7 Å². The highest BCUT2D eigenvalue weighted by Crippen LogP contribution is 1.84. The van der Waals surface area contributed by atoms with Crippen molar-refractivity contribution in [1.82, 2.24) is 4.57 Å². The van der Waals surface area contributed by atoms with Crippen LogP contribution in [-0.4, -0.2) is 4.57 Å². The van der Waals surface area contributed by atoms with Crippen molar-refractivity contribution in [2.24, 2.45) is 7.05 Å². The minimum Gasteiger partial charge on any atom is -0.240 e. The van der Waals surface area contributed by atoms with Crippen LogP contribution < -0.4 is 4.57 Å². The molecule has 44 valence electrons. The molecule has 8 heavy (non-hydrogen) atoms. The van der Waals surface area contributed by atoms with Gasteiger partial charge in [0.25, 0.3) is 0 Å². The molecule has 0 aromatic carbocycles. The average molecular weight is 129 g/mol. The number of nitrogens with zero attached hydrogens (tertiary/aromatic N) is 2. The van der Waals surface area contributed by atoms with Crippen LogP contribution in [0.4, 0.5) is 0 Å². The van der Waals surface area contributed by atoms with Crippen LogP contribution in [0, 0.1) is 0 Å². The van der Waals surface area contributed by atoms with Crippen molar-refractivity contribution < 1.29 is 4.57 Å². The third kappa shape index (κ3) is 1.04. The van der Waals surface area contributed by atoms with Gasteiger partial charge in [-0.1, -0.05) is 0 Å². The molecule has 0 atom stereocenters. The fourth-order valence-corrected chi connectivity index (χ4v) is 0.753. The Morgan fingerprint density at radius 2 is 2.50 bits per heavy atom. The second-order valence-corrected chi connectivity index (χ2v) is 2.02. The number of hydrogen-bond donors (Lipinski definition) is 1. The Balaban J connectivity index is 2.84. The van der Waals surface area contributed by atoms with Gasteiger partial charge < -0.3 is 0 Å². The highest BCUT2D eigenvalue weighted by Gasteiger charge is 1.92. The summed E-state index contributed by atoms with van der Waals surface area (Å²) in [6, 6.07) is 0. The molecule has 2 nitrogen and oxygen atoms in total. The van der Waals surface area contributed by atoms with Gasteiger partial charge in [0.2, 0.25) is 6.33 Å². The molecule has 1 aromatic heterocycles. The largest absolute Gasteiger partial charge is 0.244 e. The Labute approximate surface area is 54.2 Å². The van der Waals surface area contributed by atoms with Crippen molar-refractivity contribution in [3.05, 3.63) is 18.7 Å². The maximum Gasteiger partial charge on any atom is 0.244 e. The lowest BCUT2D eigenvalue weighted by Crippen LogP contribution is -2.23. The highest BCUT2D eigenvalue weighted by molar-refractivity contribution is 7.79. The number of aromatic nitrogens is 2. The SMILES string of the molecule is C[n+]1ccn(CS)c1. The van der Waals surface area contributed by atoms with E-state index in [2.05, 4.69) is 12.6 Å². The zero-order valence-corrected chi connectivity index (χ0v) is 5.68. The standard InChI is InChI=1S/C5H8N2S/c1-6-2-3-7(4-6)5-8/h2-4H,5H2,1H3/p+1. The molecule has 0 radical (unpaired) electrons. The van der Waals surface area contributed by atoms with Gasteiger partial charge in [-0.25, -0.2) is 9.13 Å². The first-order valence-electron chi connectivity index (χ1n) is 2.45. The number of aryl methyl sites for hydroxylation is 1. The molecule has 0 unspecified atom stereocenters. The summed E-state index contributed by atoms with van der Waals surface area (Å²) in [7, 11) is 1.99. The van der Waals surface area contributed by atoms with Crippen LogP contribution in [0.5, 0.6) is 0 Å². The van der Waals surface area contributed by atoms with Gasteiger partial charge in [-0.15, -0.1) is 12.6 Å². The number of hydrogen-bond acceptors (Lipinski definition) is 1. The molecule has 0 bridgehead atoms. The number of rotatable bonds is 1. The number of imidazole rings is 1.